The van der Waals surface area contributed by atoms with Crippen LogP contribution in [0, 0.1) is 12.7 Å². The van der Waals surface area contributed by atoms with E-state index in [1.165, 1.54) is 0 Å². The van der Waals surface area contributed by atoms with Gasteiger partial charge in [-0.15, -0.1) is 0 Å². The molecule has 0 aromatic heterocycles. The monoisotopic (exact) mass is 284 g/mol. The van der Waals surface area contributed by atoms with Gasteiger partial charge in [0.25, 0.3) is 0 Å². The molecule has 0 fully saturated rings. The average molecular weight is 284 g/mol. The molecule has 2 unspecified atom stereocenters. The zero-order valence-electron chi connectivity index (χ0n) is 12.9. The number of aryl methyl sites for hydroxylation is 1. The van der Waals surface area contributed by atoms with Gasteiger partial charge < -0.3 is 20.1 Å². The van der Waals surface area contributed by atoms with Crippen LogP contribution in [-0.2, 0) is 4.74 Å². The molecule has 0 aliphatic rings. The minimum Gasteiger partial charge on any atom is -0.389 e. The molecule has 4 nitrogen and oxygen atoms in total. The quantitative estimate of drug-likeness (QED) is 0.802. The minimum atomic E-state index is -0.576. The second kappa shape index (κ2) is 7.57. The van der Waals surface area contributed by atoms with Crippen LogP contribution in [0.3, 0.4) is 0 Å². The van der Waals surface area contributed by atoms with Gasteiger partial charge in [-0.2, -0.15) is 0 Å². The van der Waals surface area contributed by atoms with E-state index in [0.717, 1.165) is 11.3 Å². The van der Waals surface area contributed by atoms with E-state index in [-0.39, 0.29) is 18.5 Å². The Balaban J connectivity index is 3.05. The Bertz CT molecular complexity index is 440. The van der Waals surface area contributed by atoms with E-state index in [1.54, 1.807) is 20.1 Å². The maximum Gasteiger partial charge on any atom is 0.126 e. The summed E-state index contributed by atoms with van der Waals surface area (Å²) in [5.41, 5.74) is 2.39. The van der Waals surface area contributed by atoms with E-state index in [4.69, 9.17) is 4.74 Å². The molecule has 1 aromatic carbocycles. The lowest BCUT2D eigenvalue weighted by atomic mass is 10.0. The fourth-order valence-corrected chi connectivity index (χ4v) is 2.17. The number of hydrogen-bond acceptors (Lipinski definition) is 4. The summed E-state index contributed by atoms with van der Waals surface area (Å²) in [5.74, 6) is -0.211. The molecule has 0 aliphatic heterocycles. The maximum atomic E-state index is 13.8. The topological polar surface area (TPSA) is 44.7 Å². The molecule has 2 atom stereocenters. The van der Waals surface area contributed by atoms with Gasteiger partial charge in [-0.3, -0.25) is 0 Å². The molecule has 0 saturated carbocycles. The third kappa shape index (κ3) is 4.16. The molecule has 0 bridgehead atoms. The summed E-state index contributed by atoms with van der Waals surface area (Å²) in [6.07, 6.45) is -0.576. The molecular formula is C15H25FN2O2. The van der Waals surface area contributed by atoms with Crippen molar-refractivity contribution in [2.45, 2.75) is 26.0 Å². The lowest BCUT2D eigenvalue weighted by Crippen LogP contribution is -2.33. The zero-order chi connectivity index (χ0) is 15.3. The van der Waals surface area contributed by atoms with Crippen LogP contribution in [0.15, 0.2) is 12.1 Å². The van der Waals surface area contributed by atoms with Crippen LogP contribution < -0.4 is 10.2 Å². The van der Waals surface area contributed by atoms with Crippen molar-refractivity contribution in [3.63, 3.8) is 0 Å². The van der Waals surface area contributed by atoms with Gasteiger partial charge in [0.2, 0.25) is 0 Å². The zero-order valence-corrected chi connectivity index (χ0v) is 12.9. The number of nitrogens with zero attached hydrogens (tertiary/aromatic N) is 1. The van der Waals surface area contributed by atoms with Crippen molar-refractivity contribution >= 4 is 5.69 Å². The first-order chi connectivity index (χ1) is 9.40. The molecule has 0 spiro atoms. The molecular weight excluding hydrogens is 259 g/mol. The van der Waals surface area contributed by atoms with Crippen molar-refractivity contribution in [3.05, 3.63) is 29.1 Å². The Hall–Kier alpha value is -1.17. The molecule has 20 heavy (non-hydrogen) atoms. The number of benzene rings is 1. The molecule has 0 radical (unpaired) electrons. The van der Waals surface area contributed by atoms with Crippen LogP contribution in [0.25, 0.3) is 0 Å². The highest BCUT2D eigenvalue weighted by Crippen LogP contribution is 2.28. The summed E-state index contributed by atoms with van der Waals surface area (Å²) >= 11 is 0. The standard InChI is InChI=1S/C15H25FN2O2/c1-10-6-15(18(4)8-12(19)9-20-5)13(7-14(10)16)11(2)17-3/h6-7,11-12,17,19H,8-9H2,1-5H3. The van der Waals surface area contributed by atoms with Crippen LogP contribution >= 0.6 is 0 Å². The molecule has 114 valence electrons. The summed E-state index contributed by atoms with van der Waals surface area (Å²) in [7, 11) is 5.28. The second-order valence-electron chi connectivity index (χ2n) is 5.16. The van der Waals surface area contributed by atoms with Crippen molar-refractivity contribution in [1.29, 1.82) is 0 Å². The summed E-state index contributed by atoms with van der Waals surface area (Å²) in [6.45, 7) is 4.43. The first kappa shape index (κ1) is 16.9. The first-order valence-corrected chi connectivity index (χ1v) is 6.76. The van der Waals surface area contributed by atoms with Gasteiger partial charge in [-0.25, -0.2) is 4.39 Å². The number of aliphatic hydroxyl groups excluding tert-OH is 1. The number of halogens is 1. The largest absolute Gasteiger partial charge is 0.389 e. The predicted molar refractivity (Wildman–Crippen MR) is 79.8 cm³/mol. The van der Waals surface area contributed by atoms with E-state index >= 15 is 0 Å². The SMILES string of the molecule is CNC(C)c1cc(F)c(C)cc1N(C)CC(O)COC. The summed E-state index contributed by atoms with van der Waals surface area (Å²) < 4.78 is 18.7. The molecule has 1 aromatic rings. The number of methoxy groups -OCH3 is 1. The Morgan fingerprint density at radius 2 is 2.10 bits per heavy atom. The molecule has 0 amide bonds. The van der Waals surface area contributed by atoms with Gasteiger partial charge in [-0.1, -0.05) is 0 Å². The van der Waals surface area contributed by atoms with E-state index < -0.39 is 6.10 Å². The number of ether oxygens (including phenoxy) is 1. The summed E-state index contributed by atoms with van der Waals surface area (Å²) in [4.78, 5) is 1.93. The maximum absolute atomic E-state index is 13.8. The van der Waals surface area contributed by atoms with Crippen LogP contribution in [0.5, 0.6) is 0 Å². The van der Waals surface area contributed by atoms with E-state index in [1.807, 2.05) is 32.0 Å². The average Bonchev–Trinajstić information content (AvgIpc) is 2.40. The normalized spacial score (nSPS) is 14.2. The Morgan fingerprint density at radius 3 is 2.65 bits per heavy atom. The summed E-state index contributed by atoms with van der Waals surface area (Å²) in [6, 6.07) is 3.41. The van der Waals surface area contributed by atoms with Crippen LogP contribution in [0.2, 0.25) is 0 Å². The van der Waals surface area contributed by atoms with E-state index in [9.17, 15) is 9.50 Å². The Morgan fingerprint density at radius 1 is 1.45 bits per heavy atom. The van der Waals surface area contributed by atoms with Gasteiger partial charge in [0, 0.05) is 32.4 Å². The highest BCUT2D eigenvalue weighted by molar-refractivity contribution is 5.56. The Labute approximate surface area is 120 Å². The highest BCUT2D eigenvalue weighted by atomic mass is 19.1. The molecule has 0 saturated heterocycles. The van der Waals surface area contributed by atoms with E-state index in [2.05, 4.69) is 5.32 Å². The van der Waals surface area contributed by atoms with Crippen LogP contribution in [0.4, 0.5) is 10.1 Å². The van der Waals surface area contributed by atoms with Gasteiger partial charge in [-0.05, 0) is 44.2 Å². The minimum absolute atomic E-state index is 0.0297. The molecule has 0 aliphatic carbocycles. The Kier molecular flexibility index (Phi) is 6.39. The fraction of sp³-hybridized carbons (Fsp3) is 0.600. The molecule has 0 heterocycles. The third-order valence-corrected chi connectivity index (χ3v) is 3.46. The number of aliphatic hydroxyl groups is 1. The number of rotatable bonds is 7. The van der Waals surface area contributed by atoms with Gasteiger partial charge >= 0.3 is 0 Å². The van der Waals surface area contributed by atoms with Crippen molar-refractivity contribution < 1.29 is 14.2 Å². The van der Waals surface area contributed by atoms with Crippen molar-refractivity contribution in [3.8, 4) is 0 Å². The van der Waals surface area contributed by atoms with Crippen molar-refractivity contribution in [2.24, 2.45) is 0 Å². The van der Waals surface area contributed by atoms with Gasteiger partial charge in [0.05, 0.1) is 12.7 Å². The lowest BCUT2D eigenvalue weighted by molar-refractivity contribution is 0.0695. The van der Waals surface area contributed by atoms with E-state index in [0.29, 0.717) is 12.1 Å². The molecule has 2 N–H and O–H groups in total. The second-order valence-corrected chi connectivity index (χ2v) is 5.16. The molecule has 1 rings (SSSR count). The number of anilines is 1. The van der Waals surface area contributed by atoms with Crippen LogP contribution in [0.1, 0.15) is 24.1 Å². The van der Waals surface area contributed by atoms with Gasteiger partial charge in [0.1, 0.15) is 5.82 Å². The van der Waals surface area contributed by atoms with Crippen LogP contribution in [-0.4, -0.2) is 45.6 Å². The first-order valence-electron chi connectivity index (χ1n) is 6.76. The number of hydrogen-bond donors (Lipinski definition) is 2. The van der Waals surface area contributed by atoms with Gasteiger partial charge in [0.15, 0.2) is 0 Å². The summed E-state index contributed by atoms with van der Waals surface area (Å²) in [5, 5.41) is 13.0. The smallest absolute Gasteiger partial charge is 0.126 e. The number of nitrogens with one attached hydrogen (secondary N) is 1. The molecule has 5 heteroatoms. The third-order valence-electron chi connectivity index (χ3n) is 3.46. The number of likely N-dealkylation sites (N-methyl/N-ethyl adjacent to an activating group) is 1. The highest BCUT2D eigenvalue weighted by Gasteiger charge is 2.17. The lowest BCUT2D eigenvalue weighted by Gasteiger charge is -2.27. The fourth-order valence-electron chi connectivity index (χ4n) is 2.17. The van der Waals surface area contributed by atoms with Crippen molar-refractivity contribution in [1.82, 2.24) is 5.32 Å². The predicted octanol–water partition coefficient (Wildman–Crippen LogP) is 1.86. The van der Waals surface area contributed by atoms with Crippen molar-refractivity contribution in [2.75, 3.05) is 39.3 Å².